The Hall–Kier alpha value is -0.860. The van der Waals surface area contributed by atoms with Gasteiger partial charge in [-0.2, -0.15) is 0 Å². The SMILES string of the molecule is CC1(C)CCC(OCc2ccc(CN)cc2)CC1. The second-order valence-corrected chi connectivity index (χ2v) is 6.20. The molecule has 0 aromatic heterocycles. The number of hydrogen-bond acceptors (Lipinski definition) is 2. The van der Waals surface area contributed by atoms with Gasteiger partial charge in [0.05, 0.1) is 12.7 Å². The summed E-state index contributed by atoms with van der Waals surface area (Å²) in [6.07, 6.45) is 5.42. The molecule has 2 rings (SSSR count). The molecule has 18 heavy (non-hydrogen) atoms. The molecular formula is C16H25NO. The van der Waals surface area contributed by atoms with Gasteiger partial charge in [0.1, 0.15) is 0 Å². The minimum atomic E-state index is 0.451. The molecule has 1 saturated carbocycles. The summed E-state index contributed by atoms with van der Waals surface area (Å²) < 4.78 is 6.00. The summed E-state index contributed by atoms with van der Waals surface area (Å²) in [5.74, 6) is 0. The van der Waals surface area contributed by atoms with E-state index in [0.717, 1.165) is 6.61 Å². The van der Waals surface area contributed by atoms with E-state index < -0.39 is 0 Å². The van der Waals surface area contributed by atoms with Crippen LogP contribution in [0.3, 0.4) is 0 Å². The summed E-state index contributed by atoms with van der Waals surface area (Å²) in [6.45, 7) is 6.05. The number of nitrogens with two attached hydrogens (primary N) is 1. The summed E-state index contributed by atoms with van der Waals surface area (Å²) in [4.78, 5) is 0. The average Bonchev–Trinajstić information content (AvgIpc) is 2.38. The molecule has 1 aromatic rings. The molecule has 0 unspecified atom stereocenters. The van der Waals surface area contributed by atoms with Crippen molar-refractivity contribution >= 4 is 0 Å². The monoisotopic (exact) mass is 247 g/mol. The van der Waals surface area contributed by atoms with E-state index in [9.17, 15) is 0 Å². The largest absolute Gasteiger partial charge is 0.374 e. The van der Waals surface area contributed by atoms with Gasteiger partial charge in [0.15, 0.2) is 0 Å². The summed E-state index contributed by atoms with van der Waals surface area (Å²) in [5.41, 5.74) is 8.53. The van der Waals surface area contributed by atoms with Crippen LogP contribution in [0.25, 0.3) is 0 Å². The zero-order valence-electron chi connectivity index (χ0n) is 11.6. The van der Waals surface area contributed by atoms with Gasteiger partial charge in [-0.25, -0.2) is 0 Å². The summed E-state index contributed by atoms with van der Waals surface area (Å²) in [6, 6.07) is 8.41. The molecule has 0 aliphatic heterocycles. The van der Waals surface area contributed by atoms with Crippen molar-refractivity contribution in [3.05, 3.63) is 35.4 Å². The van der Waals surface area contributed by atoms with Crippen LogP contribution in [-0.4, -0.2) is 6.10 Å². The van der Waals surface area contributed by atoms with Crippen LogP contribution in [0.15, 0.2) is 24.3 Å². The molecule has 2 N–H and O–H groups in total. The molecule has 0 bridgehead atoms. The highest BCUT2D eigenvalue weighted by Gasteiger charge is 2.26. The van der Waals surface area contributed by atoms with Crippen LogP contribution in [0.2, 0.25) is 0 Å². The van der Waals surface area contributed by atoms with Crippen LogP contribution in [0.4, 0.5) is 0 Å². The predicted octanol–water partition coefficient (Wildman–Crippen LogP) is 3.63. The van der Waals surface area contributed by atoms with E-state index in [-0.39, 0.29) is 0 Å². The van der Waals surface area contributed by atoms with Crippen LogP contribution < -0.4 is 5.73 Å². The van der Waals surface area contributed by atoms with E-state index >= 15 is 0 Å². The third-order valence-electron chi connectivity index (χ3n) is 4.03. The van der Waals surface area contributed by atoms with Crippen LogP contribution >= 0.6 is 0 Å². The first-order valence-corrected chi connectivity index (χ1v) is 6.98. The fraction of sp³-hybridized carbons (Fsp3) is 0.625. The van der Waals surface area contributed by atoms with E-state index in [1.165, 1.54) is 36.8 Å². The van der Waals surface area contributed by atoms with Crippen molar-refractivity contribution in [3.8, 4) is 0 Å². The lowest BCUT2D eigenvalue weighted by atomic mass is 9.76. The molecule has 0 atom stereocenters. The topological polar surface area (TPSA) is 35.2 Å². The van der Waals surface area contributed by atoms with Gasteiger partial charge < -0.3 is 10.5 Å². The minimum Gasteiger partial charge on any atom is -0.374 e. The van der Waals surface area contributed by atoms with Gasteiger partial charge in [0.25, 0.3) is 0 Å². The number of rotatable bonds is 4. The van der Waals surface area contributed by atoms with Crippen LogP contribution in [0.1, 0.15) is 50.7 Å². The lowest BCUT2D eigenvalue weighted by molar-refractivity contribution is -0.00558. The third-order valence-corrected chi connectivity index (χ3v) is 4.03. The summed E-state index contributed by atoms with van der Waals surface area (Å²) in [7, 11) is 0. The highest BCUT2D eigenvalue weighted by Crippen LogP contribution is 2.36. The molecule has 0 heterocycles. The maximum Gasteiger partial charge on any atom is 0.0720 e. The zero-order valence-corrected chi connectivity index (χ0v) is 11.6. The first-order chi connectivity index (χ1) is 8.59. The quantitative estimate of drug-likeness (QED) is 0.881. The number of benzene rings is 1. The smallest absolute Gasteiger partial charge is 0.0720 e. The Morgan fingerprint density at radius 3 is 2.22 bits per heavy atom. The van der Waals surface area contributed by atoms with Gasteiger partial charge in [-0.15, -0.1) is 0 Å². The molecule has 1 aliphatic rings. The molecule has 100 valence electrons. The van der Waals surface area contributed by atoms with Crippen molar-refractivity contribution in [1.82, 2.24) is 0 Å². The van der Waals surface area contributed by atoms with Gasteiger partial charge in [0.2, 0.25) is 0 Å². The third kappa shape index (κ3) is 3.82. The average molecular weight is 247 g/mol. The van der Waals surface area contributed by atoms with Crippen molar-refractivity contribution < 1.29 is 4.74 Å². The number of hydrogen-bond donors (Lipinski definition) is 1. The maximum atomic E-state index is 6.00. The molecule has 1 fully saturated rings. The minimum absolute atomic E-state index is 0.451. The van der Waals surface area contributed by atoms with Gasteiger partial charge in [-0.3, -0.25) is 0 Å². The first-order valence-electron chi connectivity index (χ1n) is 6.98. The highest BCUT2D eigenvalue weighted by molar-refractivity contribution is 5.21. The molecule has 0 radical (unpaired) electrons. The highest BCUT2D eigenvalue weighted by atomic mass is 16.5. The van der Waals surface area contributed by atoms with Crippen LogP contribution in [0, 0.1) is 5.41 Å². The molecule has 1 aliphatic carbocycles. The zero-order chi connectivity index (χ0) is 13.0. The van der Waals surface area contributed by atoms with Gasteiger partial charge >= 0.3 is 0 Å². The van der Waals surface area contributed by atoms with Crippen molar-refractivity contribution in [2.45, 2.75) is 58.8 Å². The molecule has 1 aromatic carbocycles. The molecule has 2 heteroatoms. The Kier molecular flexibility index (Phi) is 4.41. The standard InChI is InChI=1S/C16H25NO/c1-16(2)9-7-15(8-10-16)18-12-14-5-3-13(11-17)4-6-14/h3-6,15H,7-12,17H2,1-2H3. The fourth-order valence-electron chi connectivity index (χ4n) is 2.53. The predicted molar refractivity (Wildman–Crippen MR) is 75.2 cm³/mol. The van der Waals surface area contributed by atoms with Crippen molar-refractivity contribution in [2.24, 2.45) is 11.1 Å². The van der Waals surface area contributed by atoms with Crippen LogP contribution in [0.5, 0.6) is 0 Å². The fourth-order valence-corrected chi connectivity index (χ4v) is 2.53. The second kappa shape index (κ2) is 5.85. The molecular weight excluding hydrogens is 222 g/mol. The second-order valence-electron chi connectivity index (χ2n) is 6.20. The maximum absolute atomic E-state index is 6.00. The molecule has 0 spiro atoms. The summed E-state index contributed by atoms with van der Waals surface area (Å²) in [5, 5.41) is 0. The Bertz CT molecular complexity index is 359. The van der Waals surface area contributed by atoms with Gasteiger partial charge in [0, 0.05) is 6.54 Å². The van der Waals surface area contributed by atoms with Gasteiger partial charge in [-0.1, -0.05) is 38.1 Å². The number of ether oxygens (including phenoxy) is 1. The Morgan fingerprint density at radius 1 is 1.11 bits per heavy atom. The molecule has 0 saturated heterocycles. The van der Waals surface area contributed by atoms with Crippen molar-refractivity contribution in [3.63, 3.8) is 0 Å². The van der Waals surface area contributed by atoms with E-state index in [2.05, 4.69) is 38.1 Å². The Balaban J connectivity index is 1.78. The Labute approximate surface area is 111 Å². The van der Waals surface area contributed by atoms with Crippen molar-refractivity contribution in [1.29, 1.82) is 0 Å². The first kappa shape index (κ1) is 13.6. The summed E-state index contributed by atoms with van der Waals surface area (Å²) >= 11 is 0. The molecule has 2 nitrogen and oxygen atoms in total. The van der Waals surface area contributed by atoms with Crippen molar-refractivity contribution in [2.75, 3.05) is 0 Å². The lowest BCUT2D eigenvalue weighted by Crippen LogP contribution is -2.26. The Morgan fingerprint density at radius 2 is 1.67 bits per heavy atom. The van der Waals surface area contributed by atoms with E-state index in [0.29, 0.717) is 18.1 Å². The molecule has 0 amide bonds. The van der Waals surface area contributed by atoms with E-state index in [1.54, 1.807) is 0 Å². The normalized spacial score (nSPS) is 19.9. The van der Waals surface area contributed by atoms with E-state index in [4.69, 9.17) is 10.5 Å². The van der Waals surface area contributed by atoms with Gasteiger partial charge in [-0.05, 0) is 42.2 Å². The lowest BCUT2D eigenvalue weighted by Gasteiger charge is -2.34. The van der Waals surface area contributed by atoms with Crippen LogP contribution in [-0.2, 0) is 17.9 Å². The van der Waals surface area contributed by atoms with E-state index in [1.807, 2.05) is 0 Å².